The van der Waals surface area contributed by atoms with Gasteiger partial charge in [0, 0.05) is 11.6 Å². The zero-order chi connectivity index (χ0) is 13.7. The number of ether oxygens (including phenoxy) is 1. The maximum Gasteiger partial charge on any atom is 0.327 e. The third kappa shape index (κ3) is 3.61. The topological polar surface area (TPSA) is 38.3 Å². The number of nitrogens with one attached hydrogen (secondary N) is 1. The van der Waals surface area contributed by atoms with Crippen LogP contribution in [0.15, 0.2) is 18.2 Å². The number of halogens is 2. The van der Waals surface area contributed by atoms with E-state index in [9.17, 15) is 4.79 Å². The first-order valence-electron chi connectivity index (χ1n) is 5.79. The smallest absolute Gasteiger partial charge is 0.327 e. The molecule has 1 aromatic carbocycles. The van der Waals surface area contributed by atoms with Crippen LogP contribution in [-0.4, -0.2) is 19.1 Å². The van der Waals surface area contributed by atoms with Crippen molar-refractivity contribution in [2.75, 3.05) is 7.11 Å². The van der Waals surface area contributed by atoms with E-state index in [1.54, 1.807) is 18.2 Å². The predicted octanol–water partition coefficient (Wildman–Crippen LogP) is 3.60. The summed E-state index contributed by atoms with van der Waals surface area (Å²) < 4.78 is 4.80. The molecule has 1 aromatic rings. The van der Waals surface area contributed by atoms with Gasteiger partial charge in [-0.15, -0.1) is 0 Å². The summed E-state index contributed by atoms with van der Waals surface area (Å²) in [6, 6.07) is 4.79. The predicted molar refractivity (Wildman–Crippen MR) is 74.1 cm³/mol. The molecular formula is C13H17Cl2NO2. The minimum Gasteiger partial charge on any atom is -0.468 e. The number of hydrogen-bond donors (Lipinski definition) is 1. The van der Waals surface area contributed by atoms with Crippen molar-refractivity contribution in [3.63, 3.8) is 0 Å². The second-order valence-corrected chi connectivity index (χ2v) is 4.86. The fourth-order valence-electron chi connectivity index (χ4n) is 1.55. The summed E-state index contributed by atoms with van der Waals surface area (Å²) in [6.45, 7) is 4.03. The number of methoxy groups -OCH3 is 1. The standard InChI is InChI=1S/C13H17Cl2NO2/c1-4-8(2)16-12(13(17)18-3)9-6-5-7-10(14)11(9)15/h5-8,12,16H,4H2,1-3H3. The second kappa shape index (κ2) is 6.98. The van der Waals surface area contributed by atoms with Crippen molar-refractivity contribution in [1.82, 2.24) is 5.32 Å². The molecule has 0 fully saturated rings. The van der Waals surface area contributed by atoms with Crippen LogP contribution < -0.4 is 5.32 Å². The summed E-state index contributed by atoms with van der Waals surface area (Å²) in [5.74, 6) is -0.375. The van der Waals surface area contributed by atoms with E-state index < -0.39 is 6.04 Å². The van der Waals surface area contributed by atoms with Crippen LogP contribution in [0.1, 0.15) is 31.9 Å². The number of rotatable bonds is 5. The quantitative estimate of drug-likeness (QED) is 0.842. The van der Waals surface area contributed by atoms with Crippen LogP contribution in [0.4, 0.5) is 0 Å². The number of carbonyl (C=O) groups excluding carboxylic acids is 1. The first-order chi connectivity index (χ1) is 8.51. The lowest BCUT2D eigenvalue weighted by Gasteiger charge is -2.22. The Balaban J connectivity index is 3.09. The van der Waals surface area contributed by atoms with E-state index >= 15 is 0 Å². The summed E-state index contributed by atoms with van der Waals surface area (Å²) in [5.41, 5.74) is 0.635. The van der Waals surface area contributed by atoms with E-state index in [2.05, 4.69) is 5.32 Å². The van der Waals surface area contributed by atoms with Gasteiger partial charge < -0.3 is 4.74 Å². The maximum atomic E-state index is 11.8. The van der Waals surface area contributed by atoms with Gasteiger partial charge in [0.2, 0.25) is 0 Å². The Labute approximate surface area is 117 Å². The summed E-state index contributed by atoms with van der Waals surface area (Å²) >= 11 is 12.1. The zero-order valence-corrected chi connectivity index (χ0v) is 12.2. The van der Waals surface area contributed by atoms with Gasteiger partial charge in [0.15, 0.2) is 0 Å². The molecule has 0 radical (unpaired) electrons. The average molecular weight is 290 g/mol. The van der Waals surface area contributed by atoms with Gasteiger partial charge in [-0.25, -0.2) is 4.79 Å². The molecule has 0 aromatic heterocycles. The normalized spacial score (nSPS) is 14.1. The fraction of sp³-hybridized carbons (Fsp3) is 0.462. The van der Waals surface area contributed by atoms with E-state index in [1.807, 2.05) is 13.8 Å². The van der Waals surface area contributed by atoms with Crippen LogP contribution >= 0.6 is 23.2 Å². The van der Waals surface area contributed by atoms with E-state index in [-0.39, 0.29) is 12.0 Å². The van der Waals surface area contributed by atoms with Crippen molar-refractivity contribution in [3.05, 3.63) is 33.8 Å². The van der Waals surface area contributed by atoms with Crippen LogP contribution in [0, 0.1) is 0 Å². The lowest BCUT2D eigenvalue weighted by molar-refractivity contribution is -0.143. The van der Waals surface area contributed by atoms with Crippen molar-refractivity contribution < 1.29 is 9.53 Å². The van der Waals surface area contributed by atoms with Crippen molar-refractivity contribution in [1.29, 1.82) is 0 Å². The van der Waals surface area contributed by atoms with Gasteiger partial charge in [-0.05, 0) is 19.4 Å². The van der Waals surface area contributed by atoms with Crippen LogP contribution in [0.25, 0.3) is 0 Å². The molecule has 1 N–H and O–H groups in total. The fourth-order valence-corrected chi connectivity index (χ4v) is 1.97. The van der Waals surface area contributed by atoms with Gasteiger partial charge in [0.05, 0.1) is 17.2 Å². The van der Waals surface area contributed by atoms with Crippen LogP contribution in [0.5, 0.6) is 0 Å². The van der Waals surface area contributed by atoms with Crippen molar-refractivity contribution in [2.24, 2.45) is 0 Å². The SMILES string of the molecule is CCC(C)NC(C(=O)OC)c1cccc(Cl)c1Cl. The Morgan fingerprint density at radius 2 is 2.11 bits per heavy atom. The van der Waals surface area contributed by atoms with Gasteiger partial charge in [0.25, 0.3) is 0 Å². The number of esters is 1. The van der Waals surface area contributed by atoms with E-state index in [1.165, 1.54) is 7.11 Å². The van der Waals surface area contributed by atoms with E-state index in [4.69, 9.17) is 27.9 Å². The van der Waals surface area contributed by atoms with E-state index in [0.717, 1.165) is 6.42 Å². The number of hydrogen-bond acceptors (Lipinski definition) is 3. The molecule has 0 bridgehead atoms. The van der Waals surface area contributed by atoms with Crippen LogP contribution in [0.2, 0.25) is 10.0 Å². The summed E-state index contributed by atoms with van der Waals surface area (Å²) in [7, 11) is 1.35. The van der Waals surface area contributed by atoms with Gasteiger partial charge in [-0.3, -0.25) is 5.32 Å². The first kappa shape index (κ1) is 15.3. The molecule has 2 atom stereocenters. The second-order valence-electron chi connectivity index (χ2n) is 4.08. The van der Waals surface area contributed by atoms with Gasteiger partial charge in [-0.2, -0.15) is 0 Å². The highest BCUT2D eigenvalue weighted by Crippen LogP contribution is 2.30. The average Bonchev–Trinajstić information content (AvgIpc) is 2.38. The highest BCUT2D eigenvalue weighted by atomic mass is 35.5. The Kier molecular flexibility index (Phi) is 5.93. The Bertz CT molecular complexity index is 423. The molecule has 0 saturated carbocycles. The van der Waals surface area contributed by atoms with E-state index in [0.29, 0.717) is 15.6 Å². The molecule has 3 nitrogen and oxygen atoms in total. The molecule has 0 aliphatic carbocycles. The Hall–Kier alpha value is -0.770. The largest absolute Gasteiger partial charge is 0.468 e. The summed E-state index contributed by atoms with van der Waals surface area (Å²) in [6.07, 6.45) is 0.895. The summed E-state index contributed by atoms with van der Waals surface area (Å²) in [5, 5.41) is 3.99. The first-order valence-corrected chi connectivity index (χ1v) is 6.54. The zero-order valence-electron chi connectivity index (χ0n) is 10.7. The number of benzene rings is 1. The molecule has 0 aliphatic heterocycles. The minimum atomic E-state index is -0.601. The van der Waals surface area contributed by atoms with Crippen LogP contribution in [-0.2, 0) is 9.53 Å². The molecular weight excluding hydrogens is 273 g/mol. The van der Waals surface area contributed by atoms with Gasteiger partial charge in [0.1, 0.15) is 6.04 Å². The molecule has 0 amide bonds. The molecule has 0 aliphatic rings. The minimum absolute atomic E-state index is 0.171. The van der Waals surface area contributed by atoms with Crippen molar-refractivity contribution in [2.45, 2.75) is 32.4 Å². The Morgan fingerprint density at radius 1 is 1.44 bits per heavy atom. The monoisotopic (exact) mass is 289 g/mol. The third-order valence-corrected chi connectivity index (χ3v) is 3.63. The van der Waals surface area contributed by atoms with Gasteiger partial charge in [-0.1, -0.05) is 42.3 Å². The Morgan fingerprint density at radius 3 is 2.67 bits per heavy atom. The van der Waals surface area contributed by atoms with Gasteiger partial charge >= 0.3 is 5.97 Å². The highest BCUT2D eigenvalue weighted by Gasteiger charge is 2.25. The lowest BCUT2D eigenvalue weighted by atomic mass is 10.1. The van der Waals surface area contributed by atoms with Crippen molar-refractivity contribution in [3.8, 4) is 0 Å². The molecule has 18 heavy (non-hydrogen) atoms. The van der Waals surface area contributed by atoms with Crippen LogP contribution in [0.3, 0.4) is 0 Å². The molecule has 5 heteroatoms. The highest BCUT2D eigenvalue weighted by molar-refractivity contribution is 6.42. The molecule has 0 heterocycles. The third-order valence-electron chi connectivity index (χ3n) is 2.79. The molecule has 1 rings (SSSR count). The molecule has 100 valence electrons. The molecule has 2 unspecified atom stereocenters. The molecule has 0 spiro atoms. The van der Waals surface area contributed by atoms with Crippen molar-refractivity contribution >= 4 is 29.2 Å². The molecule has 0 saturated heterocycles. The number of carbonyl (C=O) groups is 1. The summed E-state index contributed by atoms with van der Waals surface area (Å²) in [4.78, 5) is 11.8. The lowest BCUT2D eigenvalue weighted by Crippen LogP contribution is -2.35. The maximum absolute atomic E-state index is 11.8.